The molecule has 0 aliphatic rings. The quantitative estimate of drug-likeness (QED) is 0.704. The molecule has 0 atom stereocenters. The van der Waals surface area contributed by atoms with E-state index < -0.39 is 0 Å². The molecule has 3 heteroatoms. The maximum atomic E-state index is 4.56. The van der Waals surface area contributed by atoms with Crippen molar-refractivity contribution in [3.8, 4) is 22.8 Å². The summed E-state index contributed by atoms with van der Waals surface area (Å²) >= 11 is 0. The molecular formula is C17H15N3. The molecular weight excluding hydrogens is 246 g/mol. The normalized spacial score (nSPS) is 10.5. The van der Waals surface area contributed by atoms with Gasteiger partial charge in [0.05, 0.1) is 0 Å². The lowest BCUT2D eigenvalue weighted by atomic mass is 10.1. The van der Waals surface area contributed by atoms with Crippen LogP contribution in [0.4, 0.5) is 0 Å². The summed E-state index contributed by atoms with van der Waals surface area (Å²) < 4.78 is 0. The van der Waals surface area contributed by atoms with Gasteiger partial charge in [-0.05, 0) is 19.9 Å². The minimum atomic E-state index is 0.705. The van der Waals surface area contributed by atoms with E-state index in [4.69, 9.17) is 0 Å². The molecule has 3 aromatic rings. The number of aryl methyl sites for hydroxylation is 2. The first-order valence-corrected chi connectivity index (χ1v) is 6.55. The van der Waals surface area contributed by atoms with Crippen LogP contribution in [0.3, 0.4) is 0 Å². The van der Waals surface area contributed by atoms with Crippen molar-refractivity contribution in [1.82, 2.24) is 15.0 Å². The summed E-state index contributed by atoms with van der Waals surface area (Å²) in [5.41, 5.74) is 4.44. The fourth-order valence-corrected chi connectivity index (χ4v) is 2.06. The van der Waals surface area contributed by atoms with E-state index in [0.717, 1.165) is 11.1 Å². The average Bonchev–Trinajstić information content (AvgIpc) is 2.48. The average molecular weight is 261 g/mol. The van der Waals surface area contributed by atoms with Crippen LogP contribution in [0.2, 0.25) is 0 Å². The first kappa shape index (κ1) is 12.5. The van der Waals surface area contributed by atoms with E-state index in [1.807, 2.05) is 24.3 Å². The molecule has 0 N–H and O–H groups in total. The number of hydrogen-bond acceptors (Lipinski definition) is 3. The number of aromatic nitrogens is 3. The van der Waals surface area contributed by atoms with Crippen molar-refractivity contribution >= 4 is 0 Å². The number of benzene rings is 2. The highest BCUT2D eigenvalue weighted by Crippen LogP contribution is 2.20. The first-order valence-electron chi connectivity index (χ1n) is 6.55. The minimum Gasteiger partial charge on any atom is -0.217 e. The topological polar surface area (TPSA) is 38.7 Å². The molecule has 0 bridgehead atoms. The molecule has 0 radical (unpaired) electrons. The van der Waals surface area contributed by atoms with E-state index in [-0.39, 0.29) is 0 Å². The minimum absolute atomic E-state index is 0.705. The molecule has 3 nitrogen and oxygen atoms in total. The summed E-state index contributed by atoms with van der Waals surface area (Å²) in [4.78, 5) is 13.1. The van der Waals surface area contributed by atoms with Crippen molar-refractivity contribution in [2.45, 2.75) is 13.8 Å². The SMILES string of the molecule is Cc1ccc(-c2ncnc(-c3cccc(C)c3)n2)cc1. The number of rotatable bonds is 2. The van der Waals surface area contributed by atoms with Crippen molar-refractivity contribution in [2.24, 2.45) is 0 Å². The molecule has 0 aliphatic carbocycles. The molecule has 2 aromatic carbocycles. The Balaban J connectivity index is 2.03. The maximum absolute atomic E-state index is 4.56. The lowest BCUT2D eigenvalue weighted by Crippen LogP contribution is -1.95. The molecule has 0 fully saturated rings. The Kier molecular flexibility index (Phi) is 3.25. The molecule has 98 valence electrons. The van der Waals surface area contributed by atoms with Gasteiger partial charge in [0.25, 0.3) is 0 Å². The molecule has 3 rings (SSSR count). The molecule has 1 heterocycles. The van der Waals surface area contributed by atoms with E-state index in [1.165, 1.54) is 11.1 Å². The van der Waals surface area contributed by atoms with Crippen LogP contribution >= 0.6 is 0 Å². The molecule has 1 aromatic heterocycles. The van der Waals surface area contributed by atoms with Crippen LogP contribution in [0, 0.1) is 13.8 Å². The van der Waals surface area contributed by atoms with Gasteiger partial charge in [0.2, 0.25) is 0 Å². The number of hydrogen-bond donors (Lipinski definition) is 0. The van der Waals surface area contributed by atoms with Crippen LogP contribution in [0.5, 0.6) is 0 Å². The fourth-order valence-electron chi connectivity index (χ4n) is 2.06. The standard InChI is InChI=1S/C17H15N3/c1-12-6-8-14(9-7-12)16-18-11-19-17(20-16)15-5-3-4-13(2)10-15/h3-11H,1-2H3. The zero-order valence-corrected chi connectivity index (χ0v) is 11.5. The Bertz CT molecular complexity index is 733. The second kappa shape index (κ2) is 5.21. The lowest BCUT2D eigenvalue weighted by Gasteiger charge is -2.04. The third-order valence-corrected chi connectivity index (χ3v) is 3.16. The predicted octanol–water partition coefficient (Wildman–Crippen LogP) is 3.82. The third-order valence-electron chi connectivity index (χ3n) is 3.16. The van der Waals surface area contributed by atoms with Crippen LogP contribution in [0.25, 0.3) is 22.8 Å². The molecule has 0 unspecified atom stereocenters. The zero-order valence-electron chi connectivity index (χ0n) is 11.5. The smallest absolute Gasteiger partial charge is 0.163 e. The summed E-state index contributed by atoms with van der Waals surface area (Å²) in [6.07, 6.45) is 1.57. The fraction of sp³-hybridized carbons (Fsp3) is 0.118. The van der Waals surface area contributed by atoms with E-state index in [0.29, 0.717) is 11.6 Å². The molecule has 20 heavy (non-hydrogen) atoms. The summed E-state index contributed by atoms with van der Waals surface area (Å²) in [6.45, 7) is 4.13. The lowest BCUT2D eigenvalue weighted by molar-refractivity contribution is 1.06. The highest BCUT2D eigenvalue weighted by atomic mass is 15.0. The van der Waals surface area contributed by atoms with Gasteiger partial charge in [0, 0.05) is 11.1 Å². The van der Waals surface area contributed by atoms with Gasteiger partial charge in [-0.25, -0.2) is 15.0 Å². The van der Waals surface area contributed by atoms with Gasteiger partial charge >= 0.3 is 0 Å². The van der Waals surface area contributed by atoms with Gasteiger partial charge in [-0.2, -0.15) is 0 Å². The Hall–Kier alpha value is -2.55. The van der Waals surface area contributed by atoms with E-state index in [1.54, 1.807) is 6.33 Å². The molecule has 0 aliphatic heterocycles. The second-order valence-corrected chi connectivity index (χ2v) is 4.87. The van der Waals surface area contributed by atoms with E-state index in [9.17, 15) is 0 Å². The van der Waals surface area contributed by atoms with Gasteiger partial charge in [0.15, 0.2) is 11.6 Å². The maximum Gasteiger partial charge on any atom is 0.163 e. The highest BCUT2D eigenvalue weighted by Gasteiger charge is 2.05. The van der Waals surface area contributed by atoms with Crippen molar-refractivity contribution in [2.75, 3.05) is 0 Å². The van der Waals surface area contributed by atoms with Crippen molar-refractivity contribution in [3.05, 3.63) is 66.0 Å². The van der Waals surface area contributed by atoms with Gasteiger partial charge < -0.3 is 0 Å². The van der Waals surface area contributed by atoms with E-state index >= 15 is 0 Å². The molecule has 0 saturated heterocycles. The summed E-state index contributed by atoms with van der Waals surface area (Å²) in [5, 5.41) is 0. The Morgan fingerprint density at radius 1 is 0.700 bits per heavy atom. The van der Waals surface area contributed by atoms with Crippen molar-refractivity contribution < 1.29 is 0 Å². The van der Waals surface area contributed by atoms with Crippen LogP contribution < -0.4 is 0 Å². The van der Waals surface area contributed by atoms with Crippen LogP contribution in [0.15, 0.2) is 54.9 Å². The second-order valence-electron chi connectivity index (χ2n) is 4.87. The van der Waals surface area contributed by atoms with Crippen LogP contribution in [-0.2, 0) is 0 Å². The Morgan fingerprint density at radius 3 is 2.10 bits per heavy atom. The summed E-state index contributed by atoms with van der Waals surface area (Å²) in [5.74, 6) is 1.41. The zero-order chi connectivity index (χ0) is 13.9. The number of nitrogens with zero attached hydrogens (tertiary/aromatic N) is 3. The Labute approximate surface area is 118 Å². The van der Waals surface area contributed by atoms with E-state index in [2.05, 4.69) is 53.1 Å². The van der Waals surface area contributed by atoms with Crippen molar-refractivity contribution in [3.63, 3.8) is 0 Å². The molecule has 0 saturated carbocycles. The largest absolute Gasteiger partial charge is 0.217 e. The third kappa shape index (κ3) is 2.57. The predicted molar refractivity (Wildman–Crippen MR) is 80.2 cm³/mol. The first-order chi connectivity index (χ1) is 9.72. The summed E-state index contributed by atoms with van der Waals surface area (Å²) in [6, 6.07) is 16.4. The molecule has 0 spiro atoms. The van der Waals surface area contributed by atoms with Gasteiger partial charge in [-0.15, -0.1) is 0 Å². The monoisotopic (exact) mass is 261 g/mol. The summed E-state index contributed by atoms with van der Waals surface area (Å²) in [7, 11) is 0. The van der Waals surface area contributed by atoms with Crippen LogP contribution in [-0.4, -0.2) is 15.0 Å². The van der Waals surface area contributed by atoms with Gasteiger partial charge in [0.1, 0.15) is 6.33 Å². The highest BCUT2D eigenvalue weighted by molar-refractivity contribution is 5.61. The van der Waals surface area contributed by atoms with Crippen molar-refractivity contribution in [1.29, 1.82) is 0 Å². The molecule has 0 amide bonds. The Morgan fingerprint density at radius 2 is 1.40 bits per heavy atom. The van der Waals surface area contributed by atoms with Gasteiger partial charge in [-0.3, -0.25) is 0 Å². The van der Waals surface area contributed by atoms with Gasteiger partial charge in [-0.1, -0.05) is 53.6 Å². The van der Waals surface area contributed by atoms with Crippen LogP contribution in [0.1, 0.15) is 11.1 Å².